The Balaban J connectivity index is 3.17. The molecule has 1 aromatic heterocycles. The highest BCUT2D eigenvalue weighted by Gasteiger charge is 1.96. The Kier molecular flexibility index (Phi) is 1.84. The summed E-state index contributed by atoms with van der Waals surface area (Å²) in [5.74, 6) is 0.818. The minimum absolute atomic E-state index is 0.140. The van der Waals surface area contributed by atoms with Crippen LogP contribution in [-0.4, -0.2) is 15.1 Å². The SMILES string of the molecule is Cc1ncc(O)c(I)n1. The van der Waals surface area contributed by atoms with Crippen molar-refractivity contribution in [2.75, 3.05) is 0 Å². The molecule has 0 spiro atoms. The van der Waals surface area contributed by atoms with Gasteiger partial charge < -0.3 is 5.11 Å². The average Bonchev–Trinajstić information content (AvgIpc) is 1.80. The van der Waals surface area contributed by atoms with E-state index in [-0.39, 0.29) is 5.75 Å². The Morgan fingerprint density at radius 3 is 2.78 bits per heavy atom. The molecule has 0 radical (unpaired) electrons. The third-order valence-corrected chi connectivity index (χ3v) is 1.64. The van der Waals surface area contributed by atoms with Crippen LogP contribution in [0.25, 0.3) is 0 Å². The lowest BCUT2D eigenvalue weighted by Gasteiger charge is -1.93. The second-order valence-electron chi connectivity index (χ2n) is 1.59. The molecule has 0 atom stereocenters. The predicted octanol–water partition coefficient (Wildman–Crippen LogP) is 1.10. The number of aromatic hydroxyl groups is 1. The molecule has 0 fully saturated rings. The molecule has 1 heterocycles. The van der Waals surface area contributed by atoms with Crippen LogP contribution in [0.3, 0.4) is 0 Å². The molecule has 0 aromatic carbocycles. The van der Waals surface area contributed by atoms with Crippen molar-refractivity contribution >= 4 is 22.6 Å². The average molecular weight is 236 g/mol. The van der Waals surface area contributed by atoms with E-state index < -0.39 is 0 Å². The molecule has 0 saturated carbocycles. The van der Waals surface area contributed by atoms with E-state index in [1.165, 1.54) is 6.20 Å². The Bertz CT molecular complexity index is 226. The quantitative estimate of drug-likeness (QED) is 0.541. The van der Waals surface area contributed by atoms with E-state index >= 15 is 0 Å². The molecule has 4 heteroatoms. The van der Waals surface area contributed by atoms with Gasteiger partial charge in [0.2, 0.25) is 0 Å². The number of aryl methyl sites for hydroxylation is 1. The van der Waals surface area contributed by atoms with Gasteiger partial charge in [0.15, 0.2) is 5.75 Å². The number of nitrogens with zero attached hydrogens (tertiary/aromatic N) is 2. The van der Waals surface area contributed by atoms with Crippen molar-refractivity contribution in [3.63, 3.8) is 0 Å². The molecule has 3 nitrogen and oxygen atoms in total. The lowest BCUT2D eigenvalue weighted by atomic mass is 10.6. The van der Waals surface area contributed by atoms with Crippen molar-refractivity contribution in [1.29, 1.82) is 0 Å². The van der Waals surface area contributed by atoms with Crippen molar-refractivity contribution in [1.82, 2.24) is 9.97 Å². The Hall–Kier alpha value is -0.390. The van der Waals surface area contributed by atoms with E-state index in [1.54, 1.807) is 6.92 Å². The van der Waals surface area contributed by atoms with Gasteiger partial charge in [-0.05, 0) is 29.5 Å². The molecule has 1 N–H and O–H groups in total. The number of rotatable bonds is 0. The number of aromatic nitrogens is 2. The van der Waals surface area contributed by atoms with Crippen LogP contribution in [0.1, 0.15) is 5.82 Å². The zero-order valence-electron chi connectivity index (χ0n) is 4.80. The summed E-state index contributed by atoms with van der Waals surface area (Å²) in [4.78, 5) is 7.67. The summed E-state index contributed by atoms with van der Waals surface area (Å²) < 4.78 is 0.597. The Morgan fingerprint density at radius 1 is 1.67 bits per heavy atom. The van der Waals surface area contributed by atoms with E-state index in [1.807, 2.05) is 22.6 Å². The Labute approximate surface area is 66.3 Å². The second-order valence-corrected chi connectivity index (χ2v) is 2.62. The van der Waals surface area contributed by atoms with E-state index in [0.29, 0.717) is 9.53 Å². The maximum absolute atomic E-state index is 8.91. The van der Waals surface area contributed by atoms with Crippen LogP contribution < -0.4 is 0 Å². The summed E-state index contributed by atoms with van der Waals surface area (Å²) >= 11 is 1.95. The lowest BCUT2D eigenvalue weighted by molar-refractivity contribution is 0.464. The van der Waals surface area contributed by atoms with Gasteiger partial charge in [0.1, 0.15) is 9.53 Å². The third-order valence-electron chi connectivity index (χ3n) is 0.845. The van der Waals surface area contributed by atoms with Crippen LogP contribution in [-0.2, 0) is 0 Å². The van der Waals surface area contributed by atoms with Gasteiger partial charge in [0, 0.05) is 0 Å². The molecule has 48 valence electrons. The van der Waals surface area contributed by atoms with Gasteiger partial charge >= 0.3 is 0 Å². The molecule has 1 rings (SSSR count). The number of halogens is 1. The largest absolute Gasteiger partial charge is 0.504 e. The maximum Gasteiger partial charge on any atom is 0.166 e. The van der Waals surface area contributed by atoms with Crippen LogP contribution in [0.5, 0.6) is 5.75 Å². The Morgan fingerprint density at radius 2 is 2.33 bits per heavy atom. The van der Waals surface area contributed by atoms with E-state index in [0.717, 1.165) is 0 Å². The number of hydrogen-bond donors (Lipinski definition) is 1. The lowest BCUT2D eigenvalue weighted by Crippen LogP contribution is -1.88. The molecular weight excluding hydrogens is 231 g/mol. The molecule has 0 aliphatic rings. The van der Waals surface area contributed by atoms with Crippen molar-refractivity contribution < 1.29 is 5.11 Å². The van der Waals surface area contributed by atoms with Gasteiger partial charge in [-0.15, -0.1) is 0 Å². The first-order chi connectivity index (χ1) is 4.20. The van der Waals surface area contributed by atoms with Crippen LogP contribution >= 0.6 is 22.6 Å². The zero-order valence-corrected chi connectivity index (χ0v) is 6.95. The summed E-state index contributed by atoms with van der Waals surface area (Å²) in [6.07, 6.45) is 1.39. The molecule has 0 aliphatic heterocycles. The standard InChI is InChI=1S/C5H5IN2O/c1-3-7-2-4(9)5(6)8-3/h2,9H,1H3. The maximum atomic E-state index is 8.91. The summed E-state index contributed by atoms with van der Waals surface area (Å²) in [6.45, 7) is 1.78. The van der Waals surface area contributed by atoms with Crippen molar-refractivity contribution in [2.24, 2.45) is 0 Å². The molecule has 0 unspecified atom stereocenters. The first-order valence-corrected chi connectivity index (χ1v) is 3.46. The normalized spacial score (nSPS) is 9.56. The van der Waals surface area contributed by atoms with Crippen LogP contribution in [0.15, 0.2) is 6.20 Å². The van der Waals surface area contributed by atoms with E-state index in [2.05, 4.69) is 9.97 Å². The van der Waals surface area contributed by atoms with Gasteiger partial charge in [0.25, 0.3) is 0 Å². The van der Waals surface area contributed by atoms with Gasteiger partial charge in [-0.25, -0.2) is 9.97 Å². The fourth-order valence-electron chi connectivity index (χ4n) is 0.436. The van der Waals surface area contributed by atoms with E-state index in [9.17, 15) is 0 Å². The van der Waals surface area contributed by atoms with Gasteiger partial charge in [-0.3, -0.25) is 0 Å². The minimum Gasteiger partial charge on any atom is -0.504 e. The van der Waals surface area contributed by atoms with E-state index in [4.69, 9.17) is 5.11 Å². The first-order valence-electron chi connectivity index (χ1n) is 2.38. The molecule has 0 saturated heterocycles. The van der Waals surface area contributed by atoms with Crippen LogP contribution in [0.2, 0.25) is 0 Å². The highest BCUT2D eigenvalue weighted by Crippen LogP contribution is 2.13. The van der Waals surface area contributed by atoms with Gasteiger partial charge in [0.05, 0.1) is 6.20 Å². The zero-order chi connectivity index (χ0) is 6.85. The second kappa shape index (κ2) is 2.47. The van der Waals surface area contributed by atoms with Gasteiger partial charge in [-0.1, -0.05) is 0 Å². The predicted molar refractivity (Wildman–Crippen MR) is 41.2 cm³/mol. The smallest absolute Gasteiger partial charge is 0.166 e. The summed E-state index contributed by atoms with van der Waals surface area (Å²) in [5.41, 5.74) is 0. The highest BCUT2D eigenvalue weighted by molar-refractivity contribution is 14.1. The molecule has 1 aromatic rings. The molecule has 0 bridgehead atoms. The van der Waals surface area contributed by atoms with Crippen molar-refractivity contribution in [2.45, 2.75) is 6.92 Å². The summed E-state index contributed by atoms with van der Waals surface area (Å²) in [7, 11) is 0. The monoisotopic (exact) mass is 236 g/mol. The summed E-state index contributed by atoms with van der Waals surface area (Å²) in [6, 6.07) is 0. The fraction of sp³-hybridized carbons (Fsp3) is 0.200. The third kappa shape index (κ3) is 1.51. The molecule has 0 aliphatic carbocycles. The van der Waals surface area contributed by atoms with Crippen molar-refractivity contribution in [3.05, 3.63) is 15.7 Å². The van der Waals surface area contributed by atoms with Gasteiger partial charge in [-0.2, -0.15) is 0 Å². The van der Waals surface area contributed by atoms with Crippen LogP contribution in [0, 0.1) is 10.6 Å². The fourth-order valence-corrected chi connectivity index (χ4v) is 0.924. The summed E-state index contributed by atoms with van der Waals surface area (Å²) in [5, 5.41) is 8.91. The molecule has 9 heavy (non-hydrogen) atoms. The topological polar surface area (TPSA) is 46.0 Å². The molecule has 0 amide bonds. The minimum atomic E-state index is 0.140. The van der Waals surface area contributed by atoms with Crippen LogP contribution in [0.4, 0.5) is 0 Å². The molecular formula is C5H5IN2O. The number of hydrogen-bond acceptors (Lipinski definition) is 3. The highest BCUT2D eigenvalue weighted by atomic mass is 127. The van der Waals surface area contributed by atoms with Crippen molar-refractivity contribution in [3.8, 4) is 5.75 Å². The first kappa shape index (κ1) is 6.73.